The lowest BCUT2D eigenvalue weighted by atomic mass is 10.2. The number of hydrogen-bond donors (Lipinski definition) is 2. The third kappa shape index (κ3) is 4.80. The first kappa shape index (κ1) is 14.7. The molecule has 3 N–H and O–H groups in total. The largest absolute Gasteiger partial charge is 0.494 e. The number of benzene rings is 1. The summed E-state index contributed by atoms with van der Waals surface area (Å²) in [5.74, 6) is 4.05. The molecular formula is C14H19N3O2. The van der Waals surface area contributed by atoms with Crippen molar-refractivity contribution in [2.24, 2.45) is 10.7 Å². The standard InChI is InChI=1S/C14H19N3O2/c1-4-9-16-14(15)17-12-10-11(18-5-2)7-8-13(12)19-6-3/h1,7-8,10H,5-6,9H2,2-3H3,(H3,15,16,17). The molecule has 0 saturated carbocycles. The van der Waals surface area contributed by atoms with Gasteiger partial charge in [0.15, 0.2) is 5.96 Å². The van der Waals surface area contributed by atoms with E-state index in [9.17, 15) is 0 Å². The highest BCUT2D eigenvalue weighted by molar-refractivity contribution is 5.94. The first-order chi connectivity index (χ1) is 9.21. The Morgan fingerprint density at radius 2 is 2.11 bits per heavy atom. The van der Waals surface area contributed by atoms with Gasteiger partial charge in [0.05, 0.1) is 18.9 Å². The van der Waals surface area contributed by atoms with E-state index in [0.717, 1.165) is 5.75 Å². The molecule has 0 amide bonds. The average molecular weight is 261 g/mol. The summed E-state index contributed by atoms with van der Waals surface area (Å²) in [6.45, 7) is 5.22. The van der Waals surface area contributed by atoms with Crippen LogP contribution in [-0.4, -0.2) is 25.7 Å². The van der Waals surface area contributed by atoms with Gasteiger partial charge >= 0.3 is 0 Å². The first-order valence-electron chi connectivity index (χ1n) is 6.11. The van der Waals surface area contributed by atoms with E-state index < -0.39 is 0 Å². The van der Waals surface area contributed by atoms with Gasteiger partial charge < -0.3 is 20.5 Å². The number of rotatable bonds is 6. The first-order valence-corrected chi connectivity index (χ1v) is 6.11. The van der Waals surface area contributed by atoms with E-state index in [0.29, 0.717) is 24.7 Å². The zero-order chi connectivity index (χ0) is 14.1. The highest BCUT2D eigenvalue weighted by Crippen LogP contribution is 2.29. The van der Waals surface area contributed by atoms with Crippen molar-refractivity contribution in [2.45, 2.75) is 13.8 Å². The number of ether oxygens (including phenoxy) is 2. The molecule has 1 aromatic carbocycles. The summed E-state index contributed by atoms with van der Waals surface area (Å²) in [5, 5.41) is 2.96. The van der Waals surface area contributed by atoms with E-state index in [-0.39, 0.29) is 12.5 Å². The van der Waals surface area contributed by atoms with Gasteiger partial charge in [0.2, 0.25) is 0 Å². The zero-order valence-electron chi connectivity index (χ0n) is 11.3. The van der Waals surface area contributed by atoms with Gasteiger partial charge in [-0.1, -0.05) is 5.92 Å². The van der Waals surface area contributed by atoms with Crippen molar-refractivity contribution in [3.8, 4) is 23.8 Å². The van der Waals surface area contributed by atoms with Gasteiger partial charge in [-0.25, -0.2) is 4.99 Å². The SMILES string of the molecule is C#CCN=C(N)Nc1cc(OCC)ccc1OCC. The molecule has 0 spiro atoms. The number of hydrogen-bond acceptors (Lipinski definition) is 3. The maximum atomic E-state index is 5.73. The van der Waals surface area contributed by atoms with Gasteiger partial charge in [-0.15, -0.1) is 6.42 Å². The quantitative estimate of drug-likeness (QED) is 0.466. The summed E-state index contributed by atoms with van der Waals surface area (Å²) < 4.78 is 10.9. The number of terminal acetylenes is 1. The molecule has 0 fully saturated rings. The predicted molar refractivity (Wildman–Crippen MR) is 77.7 cm³/mol. The van der Waals surface area contributed by atoms with Crippen LogP contribution in [0.25, 0.3) is 0 Å². The van der Waals surface area contributed by atoms with Crippen molar-refractivity contribution in [1.82, 2.24) is 0 Å². The minimum Gasteiger partial charge on any atom is -0.494 e. The molecule has 0 saturated heterocycles. The summed E-state index contributed by atoms with van der Waals surface area (Å²) in [7, 11) is 0. The van der Waals surface area contributed by atoms with Crippen LogP contribution in [0.4, 0.5) is 5.69 Å². The van der Waals surface area contributed by atoms with Crippen molar-refractivity contribution in [3.63, 3.8) is 0 Å². The van der Waals surface area contributed by atoms with Crippen LogP contribution in [0.5, 0.6) is 11.5 Å². The van der Waals surface area contributed by atoms with Gasteiger partial charge in [0, 0.05) is 6.07 Å². The second kappa shape index (κ2) is 7.88. The summed E-state index contributed by atoms with van der Waals surface area (Å²) in [6, 6.07) is 5.48. The third-order valence-corrected chi connectivity index (χ3v) is 2.17. The van der Waals surface area contributed by atoms with Crippen molar-refractivity contribution in [3.05, 3.63) is 18.2 Å². The van der Waals surface area contributed by atoms with Crippen LogP contribution in [0.2, 0.25) is 0 Å². The lowest BCUT2D eigenvalue weighted by Gasteiger charge is -2.13. The molecule has 0 aliphatic rings. The van der Waals surface area contributed by atoms with Crippen LogP contribution in [-0.2, 0) is 0 Å². The highest BCUT2D eigenvalue weighted by atomic mass is 16.5. The maximum absolute atomic E-state index is 5.73. The molecule has 0 atom stereocenters. The highest BCUT2D eigenvalue weighted by Gasteiger charge is 2.06. The molecule has 0 aromatic heterocycles. The van der Waals surface area contributed by atoms with Crippen LogP contribution in [0.15, 0.2) is 23.2 Å². The minimum absolute atomic E-state index is 0.230. The molecule has 0 aliphatic heterocycles. The number of anilines is 1. The second-order valence-corrected chi connectivity index (χ2v) is 3.55. The summed E-state index contributed by atoms with van der Waals surface area (Å²) >= 11 is 0. The van der Waals surface area contributed by atoms with Crippen molar-refractivity contribution in [2.75, 3.05) is 25.1 Å². The lowest BCUT2D eigenvalue weighted by Crippen LogP contribution is -2.23. The third-order valence-electron chi connectivity index (χ3n) is 2.17. The number of nitrogens with one attached hydrogen (secondary N) is 1. The van der Waals surface area contributed by atoms with E-state index in [1.165, 1.54) is 0 Å². The van der Waals surface area contributed by atoms with Crippen LogP contribution in [0.3, 0.4) is 0 Å². The summed E-state index contributed by atoms with van der Waals surface area (Å²) in [6.07, 6.45) is 5.13. The lowest BCUT2D eigenvalue weighted by molar-refractivity contribution is 0.332. The second-order valence-electron chi connectivity index (χ2n) is 3.55. The number of nitrogens with zero attached hydrogens (tertiary/aromatic N) is 1. The van der Waals surface area contributed by atoms with E-state index >= 15 is 0 Å². The molecular weight excluding hydrogens is 242 g/mol. The topological polar surface area (TPSA) is 68.9 Å². The monoisotopic (exact) mass is 261 g/mol. The maximum Gasteiger partial charge on any atom is 0.194 e. The van der Waals surface area contributed by atoms with Gasteiger partial charge in [0.25, 0.3) is 0 Å². The van der Waals surface area contributed by atoms with Gasteiger partial charge in [-0.05, 0) is 26.0 Å². The van der Waals surface area contributed by atoms with E-state index in [1.54, 1.807) is 0 Å². The molecule has 0 radical (unpaired) electrons. The molecule has 1 rings (SSSR count). The molecule has 102 valence electrons. The predicted octanol–water partition coefficient (Wildman–Crippen LogP) is 1.84. The summed E-state index contributed by atoms with van der Waals surface area (Å²) in [5.41, 5.74) is 6.43. The van der Waals surface area contributed by atoms with Crippen LogP contribution in [0.1, 0.15) is 13.8 Å². The van der Waals surface area contributed by atoms with Crippen LogP contribution in [0, 0.1) is 12.3 Å². The Balaban J connectivity index is 2.93. The van der Waals surface area contributed by atoms with Gasteiger partial charge in [-0.2, -0.15) is 0 Å². The Kier molecular flexibility index (Phi) is 6.10. The number of nitrogens with two attached hydrogens (primary N) is 1. The van der Waals surface area contributed by atoms with E-state index in [1.807, 2.05) is 32.0 Å². The molecule has 5 heteroatoms. The normalized spacial score (nSPS) is 10.7. The smallest absolute Gasteiger partial charge is 0.194 e. The molecule has 1 aromatic rings. The van der Waals surface area contributed by atoms with Crippen LogP contribution >= 0.6 is 0 Å². The molecule has 0 heterocycles. The van der Waals surface area contributed by atoms with Crippen molar-refractivity contribution >= 4 is 11.6 Å². The summed E-state index contributed by atoms with van der Waals surface area (Å²) in [4.78, 5) is 3.97. The molecule has 0 aliphatic carbocycles. The fourth-order valence-corrected chi connectivity index (χ4v) is 1.45. The molecule has 19 heavy (non-hydrogen) atoms. The molecule has 5 nitrogen and oxygen atoms in total. The van der Waals surface area contributed by atoms with E-state index in [2.05, 4.69) is 16.2 Å². The zero-order valence-corrected chi connectivity index (χ0v) is 11.3. The number of guanidine groups is 1. The van der Waals surface area contributed by atoms with Crippen LogP contribution < -0.4 is 20.5 Å². The van der Waals surface area contributed by atoms with Gasteiger partial charge in [0.1, 0.15) is 18.0 Å². The Morgan fingerprint density at radius 3 is 2.74 bits per heavy atom. The average Bonchev–Trinajstić information content (AvgIpc) is 2.40. The Labute approximate surface area is 113 Å². The number of aliphatic imine (C=N–C) groups is 1. The minimum atomic E-state index is 0.230. The Bertz CT molecular complexity index is 478. The fourth-order valence-electron chi connectivity index (χ4n) is 1.45. The molecule has 0 bridgehead atoms. The van der Waals surface area contributed by atoms with Gasteiger partial charge in [-0.3, -0.25) is 0 Å². The van der Waals surface area contributed by atoms with Crippen molar-refractivity contribution < 1.29 is 9.47 Å². The fraction of sp³-hybridized carbons (Fsp3) is 0.357. The van der Waals surface area contributed by atoms with Crippen molar-refractivity contribution in [1.29, 1.82) is 0 Å². The molecule has 0 unspecified atom stereocenters. The van der Waals surface area contributed by atoms with E-state index in [4.69, 9.17) is 21.6 Å². The Hall–Kier alpha value is -2.35. The Morgan fingerprint density at radius 1 is 1.37 bits per heavy atom.